The molecule has 2 N–H and O–H groups in total. The summed E-state index contributed by atoms with van der Waals surface area (Å²) in [6, 6.07) is 16.8. The van der Waals surface area contributed by atoms with Crippen molar-refractivity contribution in [2.75, 3.05) is 12.4 Å². The second-order valence-corrected chi connectivity index (χ2v) is 11.8. The van der Waals surface area contributed by atoms with E-state index in [2.05, 4.69) is 10.0 Å². The van der Waals surface area contributed by atoms with E-state index in [9.17, 15) is 18.0 Å². The summed E-state index contributed by atoms with van der Waals surface area (Å²) in [5.41, 5.74) is 3.92. The molecular formula is C31H33N3O6S. The van der Waals surface area contributed by atoms with E-state index in [1.165, 1.54) is 19.2 Å². The van der Waals surface area contributed by atoms with Crippen LogP contribution in [-0.2, 0) is 28.2 Å². The van der Waals surface area contributed by atoms with E-state index in [0.717, 1.165) is 34.9 Å². The van der Waals surface area contributed by atoms with Crippen LogP contribution in [0.5, 0.6) is 5.75 Å². The number of hydrogen-bond acceptors (Lipinski definition) is 6. The first-order chi connectivity index (χ1) is 20.0. The Hall–Kier alpha value is -4.31. The molecule has 1 fully saturated rings. The van der Waals surface area contributed by atoms with Crippen LogP contribution in [0.4, 0.5) is 10.5 Å². The molecule has 1 aromatic heterocycles. The van der Waals surface area contributed by atoms with Crippen LogP contribution >= 0.6 is 0 Å². The van der Waals surface area contributed by atoms with Gasteiger partial charge in [0.1, 0.15) is 11.8 Å². The molecule has 1 aliphatic carbocycles. The highest BCUT2D eigenvalue weighted by atomic mass is 32.2. The van der Waals surface area contributed by atoms with Gasteiger partial charge in [0, 0.05) is 41.8 Å². The molecule has 0 aliphatic heterocycles. The number of aryl methyl sites for hydroxylation is 2. The minimum absolute atomic E-state index is 0.0396. The Morgan fingerprint density at radius 3 is 2.54 bits per heavy atom. The Labute approximate surface area is 240 Å². The number of carbonyl (C=O) groups excluding carboxylic acids is 2. The standard InChI is InChI=1S/C31H33N3O6S/c1-20-8-4-7-11-29(20)41(37,38)33-30(35)22-13-12-21(28(17-22)39-3)16-23-19-34(2)27-15-14-24(18-26(23)27)32-31(36)40-25-9-5-6-10-25/h4,7-8,11-15,17-19,25H,5-6,9-10,16H2,1-3H3,(H,32,36)(H,33,35)/i25D. The lowest BCUT2D eigenvalue weighted by Crippen LogP contribution is -2.31. The maximum absolute atomic E-state index is 12.9. The Morgan fingerprint density at radius 1 is 1.05 bits per heavy atom. The SMILES string of the molecule is [2H]C1(OC(=O)Nc2ccc3c(c2)c(Cc2ccc(C(=O)NS(=O)(=O)c4ccccc4C)cc2OC)cn3C)CCCC1. The van der Waals surface area contributed by atoms with Crippen LogP contribution < -0.4 is 14.8 Å². The minimum atomic E-state index is -4.05. The number of benzene rings is 3. The first-order valence-corrected chi connectivity index (χ1v) is 14.8. The number of hydrogen-bond donors (Lipinski definition) is 2. The molecule has 0 spiro atoms. The fourth-order valence-corrected chi connectivity index (χ4v) is 6.39. The normalized spacial score (nSPS) is 14.9. The molecular weight excluding hydrogens is 542 g/mol. The molecule has 41 heavy (non-hydrogen) atoms. The lowest BCUT2D eigenvalue weighted by molar-refractivity contribution is 0.0980. The van der Waals surface area contributed by atoms with E-state index >= 15 is 0 Å². The summed E-state index contributed by atoms with van der Waals surface area (Å²) in [7, 11) is -0.636. The van der Waals surface area contributed by atoms with Crippen LogP contribution in [0, 0.1) is 6.92 Å². The second-order valence-electron chi connectivity index (χ2n) is 10.2. The highest BCUT2D eigenvalue weighted by molar-refractivity contribution is 7.90. The summed E-state index contributed by atoms with van der Waals surface area (Å²) in [5.74, 6) is -0.328. The fraction of sp³-hybridized carbons (Fsp3) is 0.290. The number of carbonyl (C=O) groups is 2. The van der Waals surface area contributed by atoms with Gasteiger partial charge in [0.25, 0.3) is 15.9 Å². The number of sulfonamides is 1. The number of nitrogens with zero attached hydrogens (tertiary/aromatic N) is 1. The van der Waals surface area contributed by atoms with E-state index in [1.807, 2.05) is 29.9 Å². The smallest absolute Gasteiger partial charge is 0.411 e. The zero-order valence-corrected chi connectivity index (χ0v) is 24.0. The average molecular weight is 577 g/mol. The van der Waals surface area contributed by atoms with Crippen molar-refractivity contribution in [2.24, 2.45) is 7.05 Å². The van der Waals surface area contributed by atoms with Gasteiger partial charge in [-0.3, -0.25) is 10.1 Å². The Bertz CT molecular complexity index is 1780. The van der Waals surface area contributed by atoms with Gasteiger partial charge >= 0.3 is 6.09 Å². The maximum atomic E-state index is 12.9. The van der Waals surface area contributed by atoms with Crippen molar-refractivity contribution < 1.29 is 28.9 Å². The van der Waals surface area contributed by atoms with Crippen molar-refractivity contribution in [3.8, 4) is 5.75 Å². The first kappa shape index (κ1) is 26.9. The van der Waals surface area contributed by atoms with Crippen molar-refractivity contribution in [2.45, 2.75) is 50.0 Å². The lowest BCUT2D eigenvalue weighted by atomic mass is 10.0. The summed E-state index contributed by atoms with van der Waals surface area (Å²) >= 11 is 0. The van der Waals surface area contributed by atoms with Gasteiger partial charge in [-0.15, -0.1) is 0 Å². The lowest BCUT2D eigenvalue weighted by Gasteiger charge is -2.13. The maximum Gasteiger partial charge on any atom is 0.411 e. The van der Waals surface area contributed by atoms with Gasteiger partial charge < -0.3 is 14.0 Å². The van der Waals surface area contributed by atoms with Gasteiger partial charge in [0.15, 0.2) is 0 Å². The topological polar surface area (TPSA) is 116 Å². The molecule has 1 heterocycles. The molecule has 1 aliphatic rings. The van der Waals surface area contributed by atoms with Gasteiger partial charge in [-0.2, -0.15) is 0 Å². The van der Waals surface area contributed by atoms with Crippen molar-refractivity contribution in [1.29, 1.82) is 0 Å². The number of rotatable bonds is 8. The van der Waals surface area contributed by atoms with E-state index < -0.39 is 28.1 Å². The monoisotopic (exact) mass is 576 g/mol. The number of nitrogens with one attached hydrogen (secondary N) is 2. The number of ether oxygens (including phenoxy) is 2. The van der Waals surface area contributed by atoms with Gasteiger partial charge in [-0.25, -0.2) is 17.9 Å². The number of fused-ring (bicyclic) bond motifs is 1. The van der Waals surface area contributed by atoms with Gasteiger partial charge in [-0.1, -0.05) is 24.3 Å². The zero-order valence-electron chi connectivity index (χ0n) is 24.2. The van der Waals surface area contributed by atoms with Crippen LogP contribution in [0.1, 0.15) is 54.1 Å². The van der Waals surface area contributed by atoms with Crippen molar-refractivity contribution in [1.82, 2.24) is 9.29 Å². The Morgan fingerprint density at radius 2 is 1.80 bits per heavy atom. The van der Waals surface area contributed by atoms with E-state index in [1.54, 1.807) is 43.3 Å². The largest absolute Gasteiger partial charge is 0.496 e. The molecule has 0 radical (unpaired) electrons. The van der Waals surface area contributed by atoms with E-state index in [4.69, 9.17) is 10.8 Å². The third-order valence-corrected chi connectivity index (χ3v) is 8.75. The molecule has 9 nitrogen and oxygen atoms in total. The number of amides is 2. The quantitative estimate of drug-likeness (QED) is 0.278. The molecule has 0 atom stereocenters. The molecule has 10 heteroatoms. The van der Waals surface area contributed by atoms with E-state index in [-0.39, 0.29) is 10.5 Å². The molecule has 5 rings (SSSR count). The molecule has 1 saturated carbocycles. The van der Waals surface area contributed by atoms with Crippen LogP contribution in [0.25, 0.3) is 10.9 Å². The number of anilines is 1. The van der Waals surface area contributed by atoms with Gasteiger partial charge in [-0.05, 0) is 85.7 Å². The highest BCUT2D eigenvalue weighted by Crippen LogP contribution is 2.30. The molecule has 214 valence electrons. The predicted molar refractivity (Wildman–Crippen MR) is 157 cm³/mol. The van der Waals surface area contributed by atoms with Crippen LogP contribution in [0.3, 0.4) is 0 Å². The molecule has 2 amide bonds. The third kappa shape index (κ3) is 6.22. The van der Waals surface area contributed by atoms with Crippen molar-refractivity contribution in [3.05, 3.63) is 89.1 Å². The van der Waals surface area contributed by atoms with Gasteiger partial charge in [0.2, 0.25) is 0 Å². The van der Waals surface area contributed by atoms with Crippen LogP contribution in [0.2, 0.25) is 0 Å². The summed E-state index contributed by atoms with van der Waals surface area (Å²) < 4.78 is 49.0. The number of aromatic nitrogens is 1. The Balaban J connectivity index is 1.35. The minimum Gasteiger partial charge on any atom is -0.496 e. The summed E-state index contributed by atoms with van der Waals surface area (Å²) in [5, 5.41) is 3.66. The first-order valence-electron chi connectivity index (χ1n) is 13.9. The third-order valence-electron chi connectivity index (χ3n) is 7.26. The molecule has 4 aromatic rings. The van der Waals surface area contributed by atoms with Crippen LogP contribution in [0.15, 0.2) is 71.8 Å². The van der Waals surface area contributed by atoms with Crippen LogP contribution in [-0.4, -0.2) is 38.2 Å². The van der Waals surface area contributed by atoms with Crippen molar-refractivity contribution in [3.63, 3.8) is 0 Å². The zero-order chi connectivity index (χ0) is 30.1. The molecule has 0 saturated heterocycles. The fourth-order valence-electron chi connectivity index (χ4n) is 5.17. The van der Waals surface area contributed by atoms with Crippen molar-refractivity contribution >= 4 is 38.6 Å². The summed E-state index contributed by atoms with van der Waals surface area (Å²) in [4.78, 5) is 25.4. The second kappa shape index (κ2) is 11.7. The number of methoxy groups -OCH3 is 1. The predicted octanol–water partition coefficient (Wildman–Crippen LogP) is 5.70. The summed E-state index contributed by atoms with van der Waals surface area (Å²) in [6.07, 6.45) is 3.43. The molecule has 0 unspecified atom stereocenters. The highest BCUT2D eigenvalue weighted by Gasteiger charge is 2.22. The van der Waals surface area contributed by atoms with Gasteiger partial charge in [0.05, 0.1) is 13.4 Å². The molecule has 0 bridgehead atoms. The summed E-state index contributed by atoms with van der Waals surface area (Å²) in [6.45, 7) is 1.66. The molecule has 3 aromatic carbocycles. The average Bonchev–Trinajstić information content (AvgIpc) is 3.50. The van der Waals surface area contributed by atoms with E-state index in [0.29, 0.717) is 36.3 Å². The Kier molecular flexibility index (Phi) is 7.65.